The van der Waals surface area contributed by atoms with Gasteiger partial charge in [0.05, 0.1) is 18.1 Å². The second-order valence-corrected chi connectivity index (χ2v) is 7.93. The van der Waals surface area contributed by atoms with Gasteiger partial charge in [0.1, 0.15) is 5.69 Å². The third-order valence-electron chi connectivity index (χ3n) is 5.35. The highest BCUT2D eigenvalue weighted by atomic mass is 35.5. The Bertz CT molecular complexity index is 983. The van der Waals surface area contributed by atoms with Gasteiger partial charge in [-0.25, -0.2) is 9.16 Å². The van der Waals surface area contributed by atoms with Crippen molar-refractivity contribution in [1.29, 1.82) is 0 Å². The number of halogens is 2. The molecule has 0 saturated carbocycles. The van der Waals surface area contributed by atoms with E-state index in [1.807, 2.05) is 13.0 Å². The molecule has 150 valence electrons. The highest BCUT2D eigenvalue weighted by Gasteiger charge is 2.46. The maximum Gasteiger partial charge on any atom is 0.330 e. The molecule has 1 unspecified atom stereocenters. The van der Waals surface area contributed by atoms with Crippen LogP contribution in [0.5, 0.6) is 0 Å². The Morgan fingerprint density at radius 3 is 2.43 bits per heavy atom. The molecule has 28 heavy (non-hydrogen) atoms. The lowest BCUT2D eigenvalue weighted by Gasteiger charge is -2.33. The first-order valence-electron chi connectivity index (χ1n) is 9.99. The van der Waals surface area contributed by atoms with Gasteiger partial charge in [-0.2, -0.15) is 10.1 Å². The number of rotatable bonds is 7. The van der Waals surface area contributed by atoms with Gasteiger partial charge < -0.3 is 0 Å². The van der Waals surface area contributed by atoms with Crippen molar-refractivity contribution in [2.24, 2.45) is 4.99 Å². The highest BCUT2D eigenvalue weighted by molar-refractivity contribution is 6.36. The van der Waals surface area contributed by atoms with Crippen molar-refractivity contribution in [3.63, 3.8) is 0 Å². The van der Waals surface area contributed by atoms with E-state index in [1.54, 1.807) is 16.8 Å². The fourth-order valence-electron chi connectivity index (χ4n) is 4.12. The summed E-state index contributed by atoms with van der Waals surface area (Å²) in [6.45, 7) is 10.6. The van der Waals surface area contributed by atoms with Crippen molar-refractivity contribution < 1.29 is 0 Å². The smallest absolute Gasteiger partial charge is 0.261 e. The molecule has 0 aliphatic carbocycles. The number of aromatic nitrogens is 2. The Kier molecular flexibility index (Phi) is 6.28. The molecule has 3 rings (SSSR count). The second-order valence-electron chi connectivity index (χ2n) is 7.09. The first-order valence-corrected chi connectivity index (χ1v) is 10.7. The molecule has 0 N–H and O–H groups in total. The summed E-state index contributed by atoms with van der Waals surface area (Å²) in [7, 11) is 0. The van der Waals surface area contributed by atoms with Gasteiger partial charge in [-0.3, -0.25) is 4.79 Å². The Morgan fingerprint density at radius 2 is 1.86 bits per heavy atom. The standard InChI is InChI=1S/C21H27Cl2N4O/c1-5-11-26-21(28)20-19(24-17(7-3)27(20,8-4)12-6-2)18(25-26)15-10-9-14(22)13-16(15)23/h9-10,13H,5-8,11-12H2,1-4H3/q+1. The van der Waals surface area contributed by atoms with Gasteiger partial charge in [-0.05, 0) is 38.0 Å². The molecule has 0 amide bonds. The third kappa shape index (κ3) is 3.30. The van der Waals surface area contributed by atoms with E-state index < -0.39 is 0 Å². The van der Waals surface area contributed by atoms with E-state index in [0.29, 0.717) is 32.5 Å². The zero-order chi connectivity index (χ0) is 20.5. The van der Waals surface area contributed by atoms with Crippen LogP contribution in [-0.4, -0.2) is 28.7 Å². The quantitative estimate of drug-likeness (QED) is 0.528. The van der Waals surface area contributed by atoms with Crippen LogP contribution in [0.15, 0.2) is 28.0 Å². The first kappa shape index (κ1) is 21.0. The highest BCUT2D eigenvalue weighted by Crippen LogP contribution is 2.45. The predicted molar refractivity (Wildman–Crippen MR) is 119 cm³/mol. The van der Waals surface area contributed by atoms with Gasteiger partial charge in [0.15, 0.2) is 5.69 Å². The van der Waals surface area contributed by atoms with Crippen LogP contribution in [0.4, 0.5) is 11.4 Å². The normalized spacial score (nSPS) is 18.3. The SMILES string of the molecule is CCCn1nc(-c2ccc(Cl)cc2Cl)c2c(c1=O)[N+](CC)(CCC)C(CC)=N2. The molecule has 2 aromatic rings. The number of hydrogen-bond donors (Lipinski definition) is 0. The molecule has 1 atom stereocenters. The minimum absolute atomic E-state index is 0.0480. The lowest BCUT2D eigenvalue weighted by Crippen LogP contribution is -2.55. The van der Waals surface area contributed by atoms with E-state index in [2.05, 4.69) is 25.9 Å². The van der Waals surface area contributed by atoms with Gasteiger partial charge in [0, 0.05) is 23.6 Å². The molecule has 7 heteroatoms. The number of amidine groups is 1. The Morgan fingerprint density at radius 1 is 1.11 bits per heavy atom. The Hall–Kier alpha value is -1.69. The molecule has 1 aromatic heterocycles. The molecule has 1 aromatic carbocycles. The fourth-order valence-corrected chi connectivity index (χ4v) is 4.62. The Balaban J connectivity index is 2.40. The summed E-state index contributed by atoms with van der Waals surface area (Å²) in [4.78, 5) is 18.4. The summed E-state index contributed by atoms with van der Waals surface area (Å²) in [5.74, 6) is 1.01. The van der Waals surface area contributed by atoms with E-state index in [9.17, 15) is 4.79 Å². The minimum Gasteiger partial charge on any atom is -0.261 e. The largest absolute Gasteiger partial charge is 0.330 e. The molecule has 0 spiro atoms. The van der Waals surface area contributed by atoms with Crippen LogP contribution in [0.3, 0.4) is 0 Å². The molecule has 0 bridgehead atoms. The van der Waals surface area contributed by atoms with Gasteiger partial charge in [-0.15, -0.1) is 0 Å². The maximum atomic E-state index is 13.4. The molecule has 0 fully saturated rings. The van der Waals surface area contributed by atoms with E-state index in [-0.39, 0.29) is 5.56 Å². The van der Waals surface area contributed by atoms with E-state index >= 15 is 0 Å². The number of hydrogen-bond acceptors (Lipinski definition) is 3. The van der Waals surface area contributed by atoms with Crippen molar-refractivity contribution in [1.82, 2.24) is 14.3 Å². The minimum atomic E-state index is -0.0480. The average Bonchev–Trinajstić information content (AvgIpc) is 3.00. The topological polar surface area (TPSA) is 47.2 Å². The summed E-state index contributed by atoms with van der Waals surface area (Å²) in [6.07, 6.45) is 2.56. The Labute approximate surface area is 176 Å². The molecular weight excluding hydrogens is 395 g/mol. The van der Waals surface area contributed by atoms with Crippen LogP contribution >= 0.6 is 23.2 Å². The predicted octanol–water partition coefficient (Wildman–Crippen LogP) is 5.82. The number of aliphatic imine (C=N–C) groups is 1. The zero-order valence-corrected chi connectivity index (χ0v) is 18.4. The van der Waals surface area contributed by atoms with Crippen LogP contribution in [0, 0.1) is 0 Å². The number of quaternary nitrogens is 1. The molecule has 1 aliphatic heterocycles. The molecule has 1 aliphatic rings. The molecular formula is C21H27Cl2N4O+. The van der Waals surface area contributed by atoms with Gasteiger partial charge in [0.25, 0.3) is 0 Å². The van der Waals surface area contributed by atoms with E-state index in [1.165, 1.54) is 0 Å². The van der Waals surface area contributed by atoms with Crippen LogP contribution in [0.25, 0.3) is 11.3 Å². The van der Waals surface area contributed by atoms with Crippen molar-refractivity contribution in [3.05, 3.63) is 38.6 Å². The zero-order valence-electron chi connectivity index (χ0n) is 16.9. The molecule has 5 nitrogen and oxygen atoms in total. The first-order chi connectivity index (χ1) is 13.4. The average molecular weight is 422 g/mol. The van der Waals surface area contributed by atoms with Gasteiger partial charge in [0.2, 0.25) is 11.5 Å². The van der Waals surface area contributed by atoms with Crippen LogP contribution in [0.1, 0.15) is 47.0 Å². The number of fused-ring (bicyclic) bond motifs is 1. The summed E-state index contributed by atoms with van der Waals surface area (Å²) in [5.41, 5.74) is 2.74. The van der Waals surface area contributed by atoms with Gasteiger partial charge >= 0.3 is 5.56 Å². The molecule has 2 heterocycles. The maximum absolute atomic E-state index is 13.4. The van der Waals surface area contributed by atoms with Crippen molar-refractivity contribution in [3.8, 4) is 11.3 Å². The lowest BCUT2D eigenvalue weighted by molar-refractivity contribution is 0.419. The number of aryl methyl sites for hydroxylation is 1. The van der Waals surface area contributed by atoms with Crippen LogP contribution in [-0.2, 0) is 6.54 Å². The molecule has 0 radical (unpaired) electrons. The second kappa shape index (κ2) is 8.36. The fraction of sp³-hybridized carbons (Fsp3) is 0.476. The summed E-state index contributed by atoms with van der Waals surface area (Å²) in [6, 6.07) is 5.35. The third-order valence-corrected chi connectivity index (χ3v) is 5.90. The molecule has 0 saturated heterocycles. The monoisotopic (exact) mass is 421 g/mol. The summed E-state index contributed by atoms with van der Waals surface area (Å²) in [5, 5.41) is 5.76. The van der Waals surface area contributed by atoms with E-state index in [0.717, 1.165) is 49.4 Å². The lowest BCUT2D eigenvalue weighted by atomic mass is 10.1. The van der Waals surface area contributed by atoms with Crippen LogP contribution in [0.2, 0.25) is 10.0 Å². The number of benzene rings is 1. The van der Waals surface area contributed by atoms with Gasteiger partial charge in [-0.1, -0.05) is 44.0 Å². The van der Waals surface area contributed by atoms with Crippen molar-refractivity contribution >= 4 is 40.4 Å². The summed E-state index contributed by atoms with van der Waals surface area (Å²) >= 11 is 12.6. The van der Waals surface area contributed by atoms with Crippen molar-refractivity contribution in [2.45, 2.75) is 53.5 Å². The van der Waals surface area contributed by atoms with E-state index in [4.69, 9.17) is 28.2 Å². The summed E-state index contributed by atoms with van der Waals surface area (Å²) < 4.78 is 2.08. The van der Waals surface area contributed by atoms with Crippen LogP contribution < -0.4 is 10.0 Å². The number of nitrogens with zero attached hydrogens (tertiary/aromatic N) is 4. The van der Waals surface area contributed by atoms with Crippen molar-refractivity contribution in [2.75, 3.05) is 13.1 Å².